The molecule has 0 aromatic heterocycles. The number of ether oxygens (including phenoxy) is 1. The predicted molar refractivity (Wildman–Crippen MR) is 118 cm³/mol. The van der Waals surface area contributed by atoms with Crippen LogP contribution in [-0.4, -0.2) is 35.6 Å². The molecule has 0 bridgehead atoms. The maximum Gasteiger partial charge on any atom is 0.407 e. The van der Waals surface area contributed by atoms with Gasteiger partial charge in [0, 0.05) is 18.0 Å². The number of aliphatic hydroxyl groups excluding tert-OH is 2. The van der Waals surface area contributed by atoms with Crippen LogP contribution >= 0.6 is 0 Å². The van der Waals surface area contributed by atoms with Crippen molar-refractivity contribution in [2.45, 2.75) is 18.1 Å². The van der Waals surface area contributed by atoms with Gasteiger partial charge in [-0.2, -0.15) is 0 Å². The number of alkyl carbamates (subject to hydrolysis) is 1. The largest absolute Gasteiger partial charge is 0.449 e. The van der Waals surface area contributed by atoms with Crippen molar-refractivity contribution >= 4 is 6.09 Å². The van der Waals surface area contributed by atoms with Gasteiger partial charge in [0.05, 0.1) is 0 Å². The van der Waals surface area contributed by atoms with Gasteiger partial charge in [-0.1, -0.05) is 66.6 Å². The summed E-state index contributed by atoms with van der Waals surface area (Å²) in [6.45, 7) is 0.0286. The molecule has 3 aromatic rings. The van der Waals surface area contributed by atoms with E-state index in [-0.39, 0.29) is 19.1 Å². The van der Waals surface area contributed by atoms with E-state index in [0.29, 0.717) is 11.1 Å². The molecule has 1 aliphatic carbocycles. The number of aliphatic hydroxyl groups is 2. The molecule has 0 saturated carbocycles. The van der Waals surface area contributed by atoms with Gasteiger partial charge in [-0.25, -0.2) is 4.79 Å². The lowest BCUT2D eigenvalue weighted by Gasteiger charge is -2.19. The highest BCUT2D eigenvalue weighted by Crippen LogP contribution is 2.44. The predicted octanol–water partition coefficient (Wildman–Crippen LogP) is 3.60. The Kier molecular flexibility index (Phi) is 6.03. The van der Waals surface area contributed by atoms with Crippen LogP contribution in [0.5, 0.6) is 0 Å². The Bertz CT molecular complexity index is 1090. The second-order valence-electron chi connectivity index (χ2n) is 7.49. The quantitative estimate of drug-likeness (QED) is 0.540. The fourth-order valence-electron chi connectivity index (χ4n) is 3.98. The highest BCUT2D eigenvalue weighted by atomic mass is 16.5. The van der Waals surface area contributed by atoms with Gasteiger partial charge in [-0.15, -0.1) is 6.42 Å². The first-order valence-corrected chi connectivity index (χ1v) is 10.1. The van der Waals surface area contributed by atoms with E-state index in [1.807, 2.05) is 36.4 Å². The SMILES string of the molecule is C#Cc1cccc(C(O)C(O)CNC(=O)OCC2c3ccccc3-c3ccccc32)c1. The number of amides is 1. The van der Waals surface area contributed by atoms with Crippen molar-refractivity contribution < 1.29 is 19.7 Å². The van der Waals surface area contributed by atoms with E-state index in [1.165, 1.54) is 0 Å². The molecule has 31 heavy (non-hydrogen) atoms. The summed E-state index contributed by atoms with van der Waals surface area (Å²) in [6, 6.07) is 22.9. The first-order valence-electron chi connectivity index (χ1n) is 10.1. The molecule has 1 amide bonds. The van der Waals surface area contributed by atoms with Crippen molar-refractivity contribution in [3.63, 3.8) is 0 Å². The number of terminal acetylenes is 1. The molecule has 0 spiro atoms. The minimum Gasteiger partial charge on any atom is -0.449 e. The smallest absolute Gasteiger partial charge is 0.407 e. The summed E-state index contributed by atoms with van der Waals surface area (Å²) in [7, 11) is 0. The van der Waals surface area contributed by atoms with E-state index in [1.54, 1.807) is 24.3 Å². The van der Waals surface area contributed by atoms with Gasteiger partial charge >= 0.3 is 6.09 Å². The highest BCUT2D eigenvalue weighted by molar-refractivity contribution is 5.79. The molecular formula is C26H23NO4. The first-order chi connectivity index (χ1) is 15.1. The second-order valence-corrected chi connectivity index (χ2v) is 7.49. The number of carbonyl (C=O) groups is 1. The van der Waals surface area contributed by atoms with Crippen molar-refractivity contribution in [2.24, 2.45) is 0 Å². The van der Waals surface area contributed by atoms with E-state index in [2.05, 4.69) is 23.4 Å². The monoisotopic (exact) mass is 413 g/mol. The molecule has 156 valence electrons. The maximum absolute atomic E-state index is 12.2. The van der Waals surface area contributed by atoms with E-state index in [4.69, 9.17) is 11.2 Å². The van der Waals surface area contributed by atoms with Crippen molar-refractivity contribution in [3.05, 3.63) is 95.1 Å². The molecule has 0 saturated heterocycles. The van der Waals surface area contributed by atoms with E-state index >= 15 is 0 Å². The molecule has 0 fully saturated rings. The standard InChI is InChI=1S/C26H23NO4/c1-2-17-8-7-9-18(14-17)25(29)24(28)15-27-26(30)31-16-23-21-12-5-3-10-19(21)20-11-4-6-13-22(20)23/h1,3-14,23-25,28-29H,15-16H2,(H,27,30). The lowest BCUT2D eigenvalue weighted by atomic mass is 9.98. The third-order valence-corrected chi connectivity index (χ3v) is 5.56. The summed E-state index contributed by atoms with van der Waals surface area (Å²) in [5.41, 5.74) is 5.64. The van der Waals surface area contributed by atoms with Crippen molar-refractivity contribution in [1.29, 1.82) is 0 Å². The van der Waals surface area contributed by atoms with Crippen LogP contribution in [-0.2, 0) is 4.74 Å². The molecule has 5 heteroatoms. The van der Waals surface area contributed by atoms with Crippen LogP contribution in [0.4, 0.5) is 4.79 Å². The van der Waals surface area contributed by atoms with Crippen LogP contribution in [0.15, 0.2) is 72.8 Å². The molecule has 5 nitrogen and oxygen atoms in total. The molecule has 3 aromatic carbocycles. The molecule has 2 atom stereocenters. The Morgan fingerprint density at radius 2 is 1.65 bits per heavy atom. The summed E-state index contributed by atoms with van der Waals surface area (Å²) >= 11 is 0. The molecule has 4 rings (SSSR count). The Labute approximate surface area is 181 Å². The summed E-state index contributed by atoms with van der Waals surface area (Å²) in [5, 5.41) is 23.1. The number of benzene rings is 3. The molecule has 0 aliphatic heterocycles. The Hall–Kier alpha value is -3.59. The zero-order valence-electron chi connectivity index (χ0n) is 16.9. The maximum atomic E-state index is 12.2. The van der Waals surface area contributed by atoms with Crippen LogP contribution in [0.25, 0.3) is 11.1 Å². The molecule has 0 radical (unpaired) electrons. The number of rotatable bonds is 6. The molecular weight excluding hydrogens is 390 g/mol. The molecule has 3 N–H and O–H groups in total. The normalized spacial score (nSPS) is 14.1. The van der Waals surface area contributed by atoms with Crippen molar-refractivity contribution in [1.82, 2.24) is 5.32 Å². The van der Waals surface area contributed by atoms with Crippen molar-refractivity contribution in [2.75, 3.05) is 13.2 Å². The number of carbonyl (C=O) groups excluding carboxylic acids is 1. The Morgan fingerprint density at radius 1 is 1.00 bits per heavy atom. The van der Waals surface area contributed by atoms with Crippen LogP contribution in [0.3, 0.4) is 0 Å². The number of hydrogen-bond donors (Lipinski definition) is 3. The van der Waals surface area contributed by atoms with Gasteiger partial charge in [0.25, 0.3) is 0 Å². The van der Waals surface area contributed by atoms with Gasteiger partial charge < -0.3 is 20.3 Å². The lowest BCUT2D eigenvalue weighted by molar-refractivity contribution is 0.0185. The average molecular weight is 413 g/mol. The molecule has 1 aliphatic rings. The van der Waals surface area contributed by atoms with Crippen LogP contribution < -0.4 is 5.32 Å². The zero-order valence-corrected chi connectivity index (χ0v) is 16.9. The zero-order chi connectivity index (χ0) is 21.8. The third kappa shape index (κ3) is 4.31. The van der Waals surface area contributed by atoms with Gasteiger partial charge in [0.2, 0.25) is 0 Å². The summed E-state index contributed by atoms with van der Waals surface area (Å²) in [4.78, 5) is 12.2. The van der Waals surface area contributed by atoms with Gasteiger partial charge in [-0.3, -0.25) is 0 Å². The summed E-state index contributed by atoms with van der Waals surface area (Å²) in [6.07, 6.45) is 2.34. The highest BCUT2D eigenvalue weighted by Gasteiger charge is 2.29. The molecule has 2 unspecified atom stereocenters. The van der Waals surface area contributed by atoms with E-state index in [9.17, 15) is 15.0 Å². The summed E-state index contributed by atoms with van der Waals surface area (Å²) in [5.74, 6) is 2.45. The van der Waals surface area contributed by atoms with Gasteiger partial charge in [-0.05, 0) is 39.9 Å². The fraction of sp³-hybridized carbons (Fsp3) is 0.192. The number of fused-ring (bicyclic) bond motifs is 3. The average Bonchev–Trinajstić information content (AvgIpc) is 3.14. The van der Waals surface area contributed by atoms with E-state index in [0.717, 1.165) is 22.3 Å². The van der Waals surface area contributed by atoms with Gasteiger partial charge in [0.15, 0.2) is 0 Å². The first kappa shape index (κ1) is 20.7. The second kappa shape index (κ2) is 9.05. The van der Waals surface area contributed by atoms with Gasteiger partial charge in [0.1, 0.15) is 18.8 Å². The number of hydrogen-bond acceptors (Lipinski definition) is 4. The van der Waals surface area contributed by atoms with Crippen LogP contribution in [0.2, 0.25) is 0 Å². The fourth-order valence-corrected chi connectivity index (χ4v) is 3.98. The van der Waals surface area contributed by atoms with Crippen LogP contribution in [0.1, 0.15) is 34.3 Å². The Balaban J connectivity index is 1.34. The van der Waals surface area contributed by atoms with E-state index < -0.39 is 18.3 Å². The minimum absolute atomic E-state index is 0.0415. The van der Waals surface area contributed by atoms with Crippen LogP contribution in [0, 0.1) is 12.3 Å². The lowest BCUT2D eigenvalue weighted by Crippen LogP contribution is -2.36. The number of nitrogens with one attached hydrogen (secondary N) is 1. The Morgan fingerprint density at radius 3 is 2.29 bits per heavy atom. The topological polar surface area (TPSA) is 78.8 Å². The summed E-state index contributed by atoms with van der Waals surface area (Å²) < 4.78 is 5.44. The third-order valence-electron chi connectivity index (χ3n) is 5.56. The molecule has 0 heterocycles. The van der Waals surface area contributed by atoms with Crippen molar-refractivity contribution in [3.8, 4) is 23.5 Å². The minimum atomic E-state index is -1.20.